The van der Waals surface area contributed by atoms with Crippen LogP contribution in [0.15, 0.2) is 70.0 Å². The lowest BCUT2D eigenvalue weighted by Crippen LogP contribution is -2.44. The summed E-state index contributed by atoms with van der Waals surface area (Å²) in [6.45, 7) is 0.274. The van der Waals surface area contributed by atoms with Crippen molar-refractivity contribution < 1.29 is 18.0 Å². The Kier molecular flexibility index (Phi) is 5.24. The van der Waals surface area contributed by atoms with Crippen molar-refractivity contribution in [1.82, 2.24) is 20.6 Å². The van der Waals surface area contributed by atoms with Gasteiger partial charge in [-0.3, -0.25) is 9.59 Å². The Hall–Kier alpha value is -3.15. The minimum Gasteiger partial charge on any atom is -0.347 e. The van der Waals surface area contributed by atoms with Crippen LogP contribution in [0.25, 0.3) is 10.7 Å². The van der Waals surface area contributed by atoms with E-state index in [9.17, 15) is 18.0 Å². The molecule has 0 spiro atoms. The molecule has 2 N–H and O–H groups in total. The monoisotopic (exact) mass is 484 g/mol. The van der Waals surface area contributed by atoms with Crippen LogP contribution in [0.2, 0.25) is 0 Å². The molecule has 2 aliphatic rings. The predicted octanol–water partition coefficient (Wildman–Crippen LogP) is 2.33. The minimum atomic E-state index is -3.79. The number of carbonyl (C=O) groups is 2. The number of hydrogen-bond donors (Lipinski definition) is 2. The average Bonchev–Trinajstić information content (AvgIpc) is 3.47. The second kappa shape index (κ2) is 8.08. The van der Waals surface area contributed by atoms with E-state index < -0.39 is 27.0 Å². The number of amides is 2. The zero-order valence-electron chi connectivity index (χ0n) is 16.4. The Morgan fingerprint density at radius 1 is 1.22 bits per heavy atom. The van der Waals surface area contributed by atoms with E-state index in [4.69, 9.17) is 0 Å². The molecule has 2 amide bonds. The lowest BCUT2D eigenvalue weighted by Gasteiger charge is -2.24. The number of thiazole rings is 2. The van der Waals surface area contributed by atoms with Gasteiger partial charge in [-0.1, -0.05) is 24.3 Å². The molecule has 1 aliphatic heterocycles. The van der Waals surface area contributed by atoms with Crippen molar-refractivity contribution in [1.29, 1.82) is 0 Å². The topological polar surface area (TPSA) is 118 Å². The number of nitrogens with zero attached hydrogens (tertiary/aromatic N) is 2. The van der Waals surface area contributed by atoms with Crippen LogP contribution >= 0.6 is 22.7 Å². The molecule has 11 heteroatoms. The predicted molar refractivity (Wildman–Crippen MR) is 121 cm³/mol. The molecular formula is C21H16N4O4S3. The van der Waals surface area contributed by atoms with Crippen molar-refractivity contribution in [3.63, 3.8) is 0 Å². The van der Waals surface area contributed by atoms with Crippen LogP contribution in [0.4, 0.5) is 0 Å². The number of rotatable bonds is 4. The summed E-state index contributed by atoms with van der Waals surface area (Å²) in [6, 6.07) is 5.28. The number of nitrogens with one attached hydrogen (secondary N) is 2. The molecule has 0 fully saturated rings. The van der Waals surface area contributed by atoms with E-state index in [-0.39, 0.29) is 28.5 Å². The number of fused-ring (bicyclic) bond motifs is 2. The number of hydrogen-bond acceptors (Lipinski definition) is 8. The fraction of sp³-hybridized carbons (Fsp3) is 0.143. The van der Waals surface area contributed by atoms with Crippen molar-refractivity contribution in [2.45, 2.75) is 22.7 Å². The molecule has 0 bridgehead atoms. The lowest BCUT2D eigenvalue weighted by atomic mass is 10.0. The smallest absolute Gasteiger partial charge is 0.253 e. The highest BCUT2D eigenvalue weighted by Crippen LogP contribution is 2.30. The Labute approximate surface area is 191 Å². The molecule has 162 valence electrons. The molecule has 0 radical (unpaired) electrons. The molecule has 5 rings (SSSR count). The summed E-state index contributed by atoms with van der Waals surface area (Å²) in [4.78, 5) is 34.7. The van der Waals surface area contributed by atoms with Crippen LogP contribution in [0, 0.1) is 0 Å². The normalized spacial score (nSPS) is 21.0. The third kappa shape index (κ3) is 3.68. The summed E-state index contributed by atoms with van der Waals surface area (Å²) >= 11 is 2.92. The van der Waals surface area contributed by atoms with Gasteiger partial charge in [-0.05, 0) is 18.2 Å². The summed E-state index contributed by atoms with van der Waals surface area (Å²) in [5, 5.41) is 7.26. The lowest BCUT2D eigenvalue weighted by molar-refractivity contribution is -0.117. The molecule has 2 atom stereocenters. The first-order valence-electron chi connectivity index (χ1n) is 9.59. The van der Waals surface area contributed by atoms with Gasteiger partial charge in [-0.15, -0.1) is 22.7 Å². The molecule has 1 aliphatic carbocycles. The van der Waals surface area contributed by atoms with E-state index in [0.29, 0.717) is 0 Å². The molecule has 2 aromatic heterocycles. The third-order valence-electron chi connectivity index (χ3n) is 5.16. The maximum Gasteiger partial charge on any atom is 0.253 e. The van der Waals surface area contributed by atoms with Crippen molar-refractivity contribution in [3.8, 4) is 10.7 Å². The summed E-state index contributed by atoms with van der Waals surface area (Å²) in [5.74, 6) is -0.848. The molecule has 3 aromatic rings. The van der Waals surface area contributed by atoms with Crippen LogP contribution in [0.5, 0.6) is 0 Å². The fourth-order valence-corrected chi connectivity index (χ4v) is 6.88. The van der Waals surface area contributed by atoms with Gasteiger partial charge in [0.05, 0.1) is 28.6 Å². The Morgan fingerprint density at radius 3 is 2.88 bits per heavy atom. The van der Waals surface area contributed by atoms with Crippen molar-refractivity contribution in [3.05, 3.63) is 75.6 Å². The summed E-state index contributed by atoms with van der Waals surface area (Å²) < 4.78 is 26.2. The average molecular weight is 485 g/mol. The van der Waals surface area contributed by atoms with Crippen LogP contribution in [0.1, 0.15) is 15.2 Å². The quantitative estimate of drug-likeness (QED) is 0.587. The maximum atomic E-state index is 13.1. The standard InChI is InChI=1S/C21H16N4O4S3/c26-19(22-8-13-9-23-21(31-13)16-10-30-11-24-16)12-5-6-18-15(7-12)25-20(27)14-3-1-2-4-17(14)32(18,28)29/h1-7,9-11,15,18H,8H2,(H,22,26)(H,25,27). The van der Waals surface area contributed by atoms with Gasteiger partial charge in [0.2, 0.25) is 0 Å². The number of benzene rings is 1. The van der Waals surface area contributed by atoms with Gasteiger partial charge < -0.3 is 10.6 Å². The Bertz CT molecular complexity index is 1370. The fourth-order valence-electron chi connectivity index (χ4n) is 3.61. The highest BCUT2D eigenvalue weighted by Gasteiger charge is 2.40. The summed E-state index contributed by atoms with van der Waals surface area (Å²) in [7, 11) is -3.79. The van der Waals surface area contributed by atoms with Crippen LogP contribution in [-0.2, 0) is 21.2 Å². The van der Waals surface area contributed by atoms with Gasteiger partial charge in [0.25, 0.3) is 11.8 Å². The van der Waals surface area contributed by atoms with Gasteiger partial charge in [-0.25, -0.2) is 18.4 Å². The van der Waals surface area contributed by atoms with Gasteiger partial charge in [0.15, 0.2) is 9.84 Å². The number of sulfone groups is 1. The molecule has 0 saturated carbocycles. The van der Waals surface area contributed by atoms with E-state index in [2.05, 4.69) is 20.6 Å². The minimum absolute atomic E-state index is 0.00272. The Balaban J connectivity index is 1.33. The van der Waals surface area contributed by atoms with E-state index in [1.807, 2.05) is 5.38 Å². The highest BCUT2D eigenvalue weighted by molar-refractivity contribution is 7.92. The zero-order valence-corrected chi connectivity index (χ0v) is 18.8. The maximum absolute atomic E-state index is 13.1. The first kappa shape index (κ1) is 20.7. The summed E-state index contributed by atoms with van der Waals surface area (Å²) in [6.07, 6.45) is 6.14. The second-order valence-electron chi connectivity index (χ2n) is 7.17. The SMILES string of the molecule is O=C(NCc1cnc(-c2cscn2)s1)C1=CC2NC(=O)c3ccccc3S(=O)(=O)C2C=C1. The number of carbonyl (C=O) groups excluding carboxylic acids is 2. The largest absolute Gasteiger partial charge is 0.347 e. The molecule has 8 nitrogen and oxygen atoms in total. The van der Waals surface area contributed by atoms with Crippen molar-refractivity contribution in [2.75, 3.05) is 0 Å². The number of aromatic nitrogens is 2. The Morgan fingerprint density at radius 2 is 2.06 bits per heavy atom. The van der Waals surface area contributed by atoms with Crippen LogP contribution < -0.4 is 10.6 Å². The molecule has 0 saturated heterocycles. The highest BCUT2D eigenvalue weighted by atomic mass is 32.2. The molecule has 1 aromatic carbocycles. The van der Waals surface area contributed by atoms with Crippen molar-refractivity contribution >= 4 is 44.3 Å². The van der Waals surface area contributed by atoms with Crippen molar-refractivity contribution in [2.24, 2.45) is 0 Å². The first-order valence-corrected chi connectivity index (χ1v) is 12.9. The van der Waals surface area contributed by atoms with E-state index in [1.165, 1.54) is 53.0 Å². The van der Waals surface area contributed by atoms with Gasteiger partial charge >= 0.3 is 0 Å². The third-order valence-corrected chi connectivity index (χ3v) is 8.91. The second-order valence-corrected chi connectivity index (χ2v) is 11.1. The molecule has 32 heavy (non-hydrogen) atoms. The molecular weight excluding hydrogens is 468 g/mol. The zero-order chi connectivity index (χ0) is 22.3. The first-order chi connectivity index (χ1) is 15.4. The van der Waals surface area contributed by atoms with Gasteiger partial charge in [0, 0.05) is 22.0 Å². The van der Waals surface area contributed by atoms with E-state index in [0.717, 1.165) is 15.6 Å². The molecule has 3 heterocycles. The van der Waals surface area contributed by atoms with Gasteiger partial charge in [-0.2, -0.15) is 0 Å². The van der Waals surface area contributed by atoms with E-state index in [1.54, 1.807) is 23.8 Å². The van der Waals surface area contributed by atoms with E-state index >= 15 is 0 Å². The van der Waals surface area contributed by atoms with Crippen LogP contribution in [-0.4, -0.2) is 41.5 Å². The van der Waals surface area contributed by atoms with Gasteiger partial charge in [0.1, 0.15) is 16.0 Å². The summed E-state index contributed by atoms with van der Waals surface area (Å²) in [5.41, 5.74) is 2.93. The van der Waals surface area contributed by atoms with Crippen LogP contribution in [0.3, 0.4) is 0 Å². The molecule has 2 unspecified atom stereocenters.